The molecule has 1 atom stereocenters. The summed E-state index contributed by atoms with van der Waals surface area (Å²) in [6.07, 6.45) is 2.41. The fraction of sp³-hybridized carbons (Fsp3) is 0.545. The highest BCUT2D eigenvalue weighted by Gasteiger charge is 2.21. The van der Waals surface area contributed by atoms with Crippen LogP contribution < -0.4 is 11.1 Å². The summed E-state index contributed by atoms with van der Waals surface area (Å²) in [4.78, 5) is 22.8. The minimum absolute atomic E-state index is 0.0380. The van der Waals surface area contributed by atoms with Crippen LogP contribution in [-0.4, -0.2) is 27.4 Å². The van der Waals surface area contributed by atoms with Gasteiger partial charge in [0.2, 0.25) is 5.91 Å². The minimum atomic E-state index is -1.10. The van der Waals surface area contributed by atoms with E-state index in [0.717, 1.165) is 24.4 Å². The van der Waals surface area contributed by atoms with Crippen LogP contribution in [-0.2, 0) is 4.79 Å². The molecule has 1 aromatic rings. The topological polar surface area (TPSA) is 105 Å². The van der Waals surface area contributed by atoms with E-state index >= 15 is 0 Å². The van der Waals surface area contributed by atoms with E-state index in [2.05, 4.69) is 9.69 Å². The quantitative estimate of drug-likeness (QED) is 0.729. The van der Waals surface area contributed by atoms with Gasteiger partial charge in [-0.25, -0.2) is 4.79 Å². The molecule has 1 rings (SSSR count). The Balaban J connectivity index is 2.73. The number of amides is 1. The SMILES string of the molecule is CCCC[C@H](N)C(=O)Nc1snc(C)c1C(=O)O. The third-order valence-electron chi connectivity index (χ3n) is 2.52. The van der Waals surface area contributed by atoms with E-state index in [9.17, 15) is 9.59 Å². The van der Waals surface area contributed by atoms with Gasteiger partial charge in [0.05, 0.1) is 11.7 Å². The molecule has 18 heavy (non-hydrogen) atoms. The molecule has 0 bridgehead atoms. The van der Waals surface area contributed by atoms with Crippen molar-refractivity contribution in [3.63, 3.8) is 0 Å². The van der Waals surface area contributed by atoms with E-state index in [1.165, 1.54) is 0 Å². The number of hydrogen-bond acceptors (Lipinski definition) is 5. The minimum Gasteiger partial charge on any atom is -0.478 e. The molecule has 0 unspecified atom stereocenters. The molecule has 0 radical (unpaired) electrons. The van der Waals surface area contributed by atoms with Crippen molar-refractivity contribution in [2.45, 2.75) is 39.2 Å². The summed E-state index contributed by atoms with van der Waals surface area (Å²) < 4.78 is 3.92. The molecule has 1 aromatic heterocycles. The number of nitrogens with one attached hydrogen (secondary N) is 1. The van der Waals surface area contributed by atoms with Gasteiger partial charge in [0.15, 0.2) is 0 Å². The Hall–Kier alpha value is -1.47. The van der Waals surface area contributed by atoms with Crippen molar-refractivity contribution in [1.82, 2.24) is 4.37 Å². The number of carboxylic acid groups (broad SMARTS) is 1. The van der Waals surface area contributed by atoms with Gasteiger partial charge in [0.1, 0.15) is 10.6 Å². The lowest BCUT2D eigenvalue weighted by Crippen LogP contribution is -2.35. The van der Waals surface area contributed by atoms with Crippen molar-refractivity contribution >= 4 is 28.4 Å². The number of unbranched alkanes of at least 4 members (excludes halogenated alkanes) is 1. The highest BCUT2D eigenvalue weighted by atomic mass is 32.1. The largest absolute Gasteiger partial charge is 0.478 e. The molecule has 6 nitrogen and oxygen atoms in total. The zero-order valence-electron chi connectivity index (χ0n) is 10.4. The summed E-state index contributed by atoms with van der Waals surface area (Å²) in [6.45, 7) is 3.60. The van der Waals surface area contributed by atoms with Crippen LogP contribution in [0.15, 0.2) is 0 Å². The van der Waals surface area contributed by atoms with Gasteiger partial charge in [-0.15, -0.1) is 0 Å². The second-order valence-electron chi connectivity index (χ2n) is 4.02. The van der Waals surface area contributed by atoms with Gasteiger partial charge in [-0.05, 0) is 24.9 Å². The number of aromatic nitrogens is 1. The number of aromatic carboxylic acids is 1. The Kier molecular flexibility index (Phi) is 5.24. The fourth-order valence-corrected chi connectivity index (χ4v) is 2.26. The molecule has 1 amide bonds. The van der Waals surface area contributed by atoms with Crippen molar-refractivity contribution in [1.29, 1.82) is 0 Å². The first-order valence-corrected chi connectivity index (χ1v) is 6.50. The Morgan fingerprint density at radius 2 is 2.22 bits per heavy atom. The smallest absolute Gasteiger partial charge is 0.340 e. The van der Waals surface area contributed by atoms with Crippen molar-refractivity contribution < 1.29 is 14.7 Å². The summed E-state index contributed by atoms with van der Waals surface area (Å²) in [5.41, 5.74) is 6.14. The van der Waals surface area contributed by atoms with E-state index in [4.69, 9.17) is 10.8 Å². The van der Waals surface area contributed by atoms with E-state index < -0.39 is 12.0 Å². The number of nitrogens with zero attached hydrogens (tertiary/aromatic N) is 1. The number of aryl methyl sites for hydroxylation is 1. The molecule has 0 saturated heterocycles. The number of carboxylic acids is 1. The maximum Gasteiger partial charge on any atom is 0.340 e. The van der Waals surface area contributed by atoms with Crippen LogP contribution >= 0.6 is 11.5 Å². The van der Waals surface area contributed by atoms with Crippen LogP contribution in [0.5, 0.6) is 0 Å². The average molecular weight is 271 g/mol. The lowest BCUT2D eigenvalue weighted by Gasteiger charge is -2.10. The average Bonchev–Trinajstić information content (AvgIpc) is 2.67. The van der Waals surface area contributed by atoms with Crippen LogP contribution in [0.25, 0.3) is 0 Å². The van der Waals surface area contributed by atoms with Gasteiger partial charge in [0.25, 0.3) is 0 Å². The molecule has 0 aliphatic rings. The van der Waals surface area contributed by atoms with E-state index in [0.29, 0.717) is 12.1 Å². The maximum atomic E-state index is 11.8. The molecular formula is C11H17N3O3S. The first-order valence-electron chi connectivity index (χ1n) is 5.73. The van der Waals surface area contributed by atoms with Crippen LogP contribution in [0.2, 0.25) is 0 Å². The van der Waals surface area contributed by atoms with E-state index in [-0.39, 0.29) is 16.5 Å². The molecule has 1 heterocycles. The summed E-state index contributed by atoms with van der Waals surface area (Å²) in [6, 6.07) is -0.617. The molecule has 100 valence electrons. The molecule has 4 N–H and O–H groups in total. The molecule has 0 spiro atoms. The van der Waals surface area contributed by atoms with Gasteiger partial charge in [-0.1, -0.05) is 19.8 Å². The number of carbonyl (C=O) groups excluding carboxylic acids is 1. The number of nitrogens with two attached hydrogens (primary N) is 1. The second-order valence-corrected chi connectivity index (χ2v) is 4.79. The highest BCUT2D eigenvalue weighted by Crippen LogP contribution is 2.24. The van der Waals surface area contributed by atoms with Crippen molar-refractivity contribution in [2.24, 2.45) is 5.73 Å². The Bertz CT molecular complexity index is 445. The molecule has 0 fully saturated rings. The monoisotopic (exact) mass is 271 g/mol. The van der Waals surface area contributed by atoms with Gasteiger partial charge < -0.3 is 16.2 Å². The lowest BCUT2D eigenvalue weighted by molar-refractivity contribution is -0.117. The number of rotatable bonds is 6. The zero-order chi connectivity index (χ0) is 13.7. The van der Waals surface area contributed by atoms with Crippen LogP contribution in [0.1, 0.15) is 42.2 Å². The van der Waals surface area contributed by atoms with Crippen LogP contribution in [0, 0.1) is 6.92 Å². The predicted molar refractivity (Wildman–Crippen MR) is 69.9 cm³/mol. The van der Waals surface area contributed by atoms with Crippen LogP contribution in [0.3, 0.4) is 0 Å². The molecule has 0 saturated carbocycles. The first kappa shape index (κ1) is 14.6. The Morgan fingerprint density at radius 3 is 2.78 bits per heavy atom. The third kappa shape index (κ3) is 3.51. The Morgan fingerprint density at radius 1 is 1.56 bits per heavy atom. The second kappa shape index (κ2) is 6.46. The first-order chi connectivity index (χ1) is 8.47. The van der Waals surface area contributed by atoms with Crippen molar-refractivity contribution in [3.8, 4) is 0 Å². The fourth-order valence-electron chi connectivity index (χ4n) is 1.47. The summed E-state index contributed by atoms with van der Waals surface area (Å²) in [5.74, 6) is -1.46. The Labute approximate surface area is 109 Å². The molecule has 0 aliphatic heterocycles. The summed E-state index contributed by atoms with van der Waals surface area (Å²) in [7, 11) is 0. The molecule has 0 aliphatic carbocycles. The normalized spacial score (nSPS) is 12.2. The summed E-state index contributed by atoms with van der Waals surface area (Å²) in [5, 5.41) is 11.8. The standard InChI is InChI=1S/C11H17N3O3S/c1-3-4-5-7(12)9(15)13-10-8(11(16)17)6(2)14-18-10/h7H,3-5,12H2,1-2H3,(H,13,15)(H,16,17)/t7-/m0/s1. The van der Waals surface area contributed by atoms with E-state index in [1.54, 1.807) is 6.92 Å². The van der Waals surface area contributed by atoms with Crippen molar-refractivity contribution in [3.05, 3.63) is 11.3 Å². The molecular weight excluding hydrogens is 254 g/mol. The highest BCUT2D eigenvalue weighted by molar-refractivity contribution is 7.11. The maximum absolute atomic E-state index is 11.8. The van der Waals surface area contributed by atoms with E-state index in [1.807, 2.05) is 6.92 Å². The molecule has 7 heteroatoms. The van der Waals surface area contributed by atoms with Gasteiger partial charge in [0, 0.05) is 0 Å². The van der Waals surface area contributed by atoms with Gasteiger partial charge in [-0.3, -0.25) is 4.79 Å². The van der Waals surface area contributed by atoms with Gasteiger partial charge >= 0.3 is 5.97 Å². The third-order valence-corrected chi connectivity index (χ3v) is 3.37. The number of anilines is 1. The number of hydrogen-bond donors (Lipinski definition) is 3. The van der Waals surface area contributed by atoms with Crippen molar-refractivity contribution in [2.75, 3.05) is 5.32 Å². The predicted octanol–water partition coefficient (Wildman–Crippen LogP) is 1.61. The summed E-state index contributed by atoms with van der Waals surface area (Å²) >= 11 is 0.956. The van der Waals surface area contributed by atoms with Crippen LogP contribution in [0.4, 0.5) is 5.00 Å². The van der Waals surface area contributed by atoms with Gasteiger partial charge in [-0.2, -0.15) is 4.37 Å². The lowest BCUT2D eigenvalue weighted by atomic mass is 10.1. The molecule has 0 aromatic carbocycles. The number of carbonyl (C=O) groups is 2. The zero-order valence-corrected chi connectivity index (χ0v) is 11.2.